The molecular formula is C14H11F2NO3. The second-order valence-electron chi connectivity index (χ2n) is 3.96. The van der Waals surface area contributed by atoms with Crippen molar-refractivity contribution in [3.63, 3.8) is 0 Å². The molecule has 0 heterocycles. The van der Waals surface area contributed by atoms with Gasteiger partial charge in [-0.3, -0.25) is 4.79 Å². The maximum atomic E-state index is 13.5. The van der Waals surface area contributed by atoms with E-state index in [1.807, 2.05) is 0 Å². The van der Waals surface area contributed by atoms with Gasteiger partial charge in [-0.2, -0.15) is 0 Å². The number of phenols is 1. The Morgan fingerprint density at radius 3 is 2.60 bits per heavy atom. The van der Waals surface area contributed by atoms with E-state index in [4.69, 9.17) is 4.74 Å². The minimum Gasteiger partial charge on any atom is -0.507 e. The average molecular weight is 279 g/mol. The van der Waals surface area contributed by atoms with Crippen LogP contribution in [0.2, 0.25) is 0 Å². The van der Waals surface area contributed by atoms with Crippen molar-refractivity contribution in [2.45, 2.75) is 0 Å². The van der Waals surface area contributed by atoms with Gasteiger partial charge in [0.05, 0.1) is 12.7 Å². The maximum absolute atomic E-state index is 13.5. The Morgan fingerprint density at radius 2 is 1.95 bits per heavy atom. The van der Waals surface area contributed by atoms with Crippen molar-refractivity contribution < 1.29 is 23.4 Å². The molecule has 2 aromatic rings. The summed E-state index contributed by atoms with van der Waals surface area (Å²) in [4.78, 5) is 11.9. The largest absolute Gasteiger partial charge is 0.507 e. The van der Waals surface area contributed by atoms with Gasteiger partial charge < -0.3 is 15.2 Å². The standard InChI is InChI=1S/C14H11F2NO3/c1-20-13-5-3-9(7-11(13)16)17-14(19)10-6-8(15)2-4-12(10)18/h2-7,18H,1H3,(H,17,19). The number of aromatic hydroxyl groups is 1. The smallest absolute Gasteiger partial charge is 0.259 e. The number of rotatable bonds is 3. The number of anilines is 1. The molecule has 0 radical (unpaired) electrons. The summed E-state index contributed by atoms with van der Waals surface area (Å²) in [5.74, 6) is -2.37. The number of ether oxygens (including phenoxy) is 1. The number of amides is 1. The molecule has 1 amide bonds. The molecule has 0 saturated heterocycles. The van der Waals surface area contributed by atoms with Gasteiger partial charge in [-0.25, -0.2) is 8.78 Å². The van der Waals surface area contributed by atoms with Crippen LogP contribution in [0, 0.1) is 11.6 Å². The Balaban J connectivity index is 2.23. The highest BCUT2D eigenvalue weighted by atomic mass is 19.1. The second kappa shape index (κ2) is 5.56. The molecule has 2 aromatic carbocycles. The maximum Gasteiger partial charge on any atom is 0.259 e. The number of halogens is 2. The van der Waals surface area contributed by atoms with Gasteiger partial charge in [0.1, 0.15) is 11.6 Å². The van der Waals surface area contributed by atoms with Crippen LogP contribution in [0.25, 0.3) is 0 Å². The van der Waals surface area contributed by atoms with E-state index in [1.165, 1.54) is 19.2 Å². The molecule has 0 aliphatic carbocycles. The van der Waals surface area contributed by atoms with Crippen LogP contribution < -0.4 is 10.1 Å². The first-order chi connectivity index (χ1) is 9.51. The molecule has 0 bridgehead atoms. The number of nitrogens with one attached hydrogen (secondary N) is 1. The fourth-order valence-corrected chi connectivity index (χ4v) is 1.63. The molecule has 0 saturated carbocycles. The summed E-state index contributed by atoms with van der Waals surface area (Å²) in [6.07, 6.45) is 0. The van der Waals surface area contributed by atoms with Crippen LogP contribution in [0.3, 0.4) is 0 Å². The third kappa shape index (κ3) is 2.85. The lowest BCUT2D eigenvalue weighted by Crippen LogP contribution is -2.12. The molecular weight excluding hydrogens is 268 g/mol. The van der Waals surface area contributed by atoms with Crippen LogP contribution in [0.15, 0.2) is 36.4 Å². The molecule has 0 fully saturated rings. The molecule has 2 N–H and O–H groups in total. The van der Waals surface area contributed by atoms with Gasteiger partial charge in [0.25, 0.3) is 5.91 Å². The number of hydrogen-bond acceptors (Lipinski definition) is 3. The fraction of sp³-hybridized carbons (Fsp3) is 0.0714. The molecule has 0 unspecified atom stereocenters. The molecule has 0 spiro atoms. The van der Waals surface area contributed by atoms with Crippen molar-refractivity contribution in [2.75, 3.05) is 12.4 Å². The first-order valence-corrected chi connectivity index (χ1v) is 5.64. The van der Waals surface area contributed by atoms with E-state index in [1.54, 1.807) is 0 Å². The van der Waals surface area contributed by atoms with Crippen LogP contribution in [-0.4, -0.2) is 18.1 Å². The predicted octanol–water partition coefficient (Wildman–Crippen LogP) is 2.93. The lowest BCUT2D eigenvalue weighted by Gasteiger charge is -2.08. The van der Waals surface area contributed by atoms with E-state index in [0.29, 0.717) is 0 Å². The van der Waals surface area contributed by atoms with E-state index in [-0.39, 0.29) is 22.7 Å². The zero-order valence-electron chi connectivity index (χ0n) is 10.5. The fourth-order valence-electron chi connectivity index (χ4n) is 1.63. The Labute approximate surface area is 113 Å². The second-order valence-corrected chi connectivity index (χ2v) is 3.96. The molecule has 0 atom stereocenters. The Kier molecular flexibility index (Phi) is 3.84. The van der Waals surface area contributed by atoms with Gasteiger partial charge >= 0.3 is 0 Å². The normalized spacial score (nSPS) is 10.2. The van der Waals surface area contributed by atoms with Crippen LogP contribution >= 0.6 is 0 Å². The van der Waals surface area contributed by atoms with Gasteiger partial charge in [0.2, 0.25) is 0 Å². The number of benzene rings is 2. The van der Waals surface area contributed by atoms with Gasteiger partial charge in [-0.15, -0.1) is 0 Å². The molecule has 104 valence electrons. The first kappa shape index (κ1) is 13.8. The summed E-state index contributed by atoms with van der Waals surface area (Å²) < 4.78 is 31.2. The highest BCUT2D eigenvalue weighted by Gasteiger charge is 2.13. The predicted molar refractivity (Wildman–Crippen MR) is 69.0 cm³/mol. The summed E-state index contributed by atoms with van der Waals surface area (Å²) in [7, 11) is 1.32. The van der Waals surface area contributed by atoms with Crippen molar-refractivity contribution in [1.29, 1.82) is 0 Å². The van der Waals surface area contributed by atoms with Crippen molar-refractivity contribution in [1.82, 2.24) is 0 Å². The summed E-state index contributed by atoms with van der Waals surface area (Å²) in [5.41, 5.74) is -0.0711. The van der Waals surface area contributed by atoms with Gasteiger partial charge in [-0.1, -0.05) is 0 Å². The number of methoxy groups -OCH3 is 1. The summed E-state index contributed by atoms with van der Waals surface area (Å²) in [5, 5.41) is 11.9. The Bertz CT molecular complexity index is 659. The van der Waals surface area contributed by atoms with E-state index < -0.39 is 17.5 Å². The SMILES string of the molecule is COc1ccc(NC(=O)c2cc(F)ccc2O)cc1F. The summed E-state index contributed by atoms with van der Waals surface area (Å²) >= 11 is 0. The minimum atomic E-state index is -0.744. The number of hydrogen-bond donors (Lipinski definition) is 2. The van der Waals surface area contributed by atoms with E-state index >= 15 is 0 Å². The lowest BCUT2D eigenvalue weighted by molar-refractivity contribution is 0.102. The molecule has 6 heteroatoms. The molecule has 20 heavy (non-hydrogen) atoms. The van der Waals surface area contributed by atoms with Crippen LogP contribution in [0.4, 0.5) is 14.5 Å². The molecule has 4 nitrogen and oxygen atoms in total. The Morgan fingerprint density at radius 1 is 1.20 bits per heavy atom. The topological polar surface area (TPSA) is 58.6 Å². The van der Waals surface area contributed by atoms with Crippen molar-refractivity contribution >= 4 is 11.6 Å². The summed E-state index contributed by atoms with van der Waals surface area (Å²) in [6.45, 7) is 0. The monoisotopic (exact) mass is 279 g/mol. The number of carbonyl (C=O) groups excluding carboxylic acids is 1. The van der Waals surface area contributed by atoms with Crippen LogP contribution in [0.5, 0.6) is 11.5 Å². The quantitative estimate of drug-likeness (QED) is 0.908. The number of phenolic OH excluding ortho intramolecular Hbond substituents is 1. The van der Waals surface area contributed by atoms with Gasteiger partial charge in [0, 0.05) is 11.8 Å². The molecule has 0 aromatic heterocycles. The number of carbonyl (C=O) groups is 1. The highest BCUT2D eigenvalue weighted by molar-refractivity contribution is 6.06. The van der Waals surface area contributed by atoms with Crippen molar-refractivity contribution in [2.24, 2.45) is 0 Å². The minimum absolute atomic E-state index is 0.0385. The van der Waals surface area contributed by atoms with Crippen molar-refractivity contribution in [3.8, 4) is 11.5 Å². The first-order valence-electron chi connectivity index (χ1n) is 5.64. The van der Waals surface area contributed by atoms with E-state index in [2.05, 4.69) is 5.32 Å². The third-order valence-corrected chi connectivity index (χ3v) is 2.61. The third-order valence-electron chi connectivity index (χ3n) is 2.61. The molecule has 2 rings (SSSR count). The lowest BCUT2D eigenvalue weighted by atomic mass is 10.1. The summed E-state index contributed by atoms with van der Waals surface area (Å²) in [6, 6.07) is 6.82. The van der Waals surface area contributed by atoms with Gasteiger partial charge in [-0.05, 0) is 30.3 Å². The van der Waals surface area contributed by atoms with Gasteiger partial charge in [0.15, 0.2) is 11.6 Å². The van der Waals surface area contributed by atoms with E-state index in [9.17, 15) is 18.7 Å². The zero-order valence-corrected chi connectivity index (χ0v) is 10.5. The van der Waals surface area contributed by atoms with Crippen molar-refractivity contribution in [3.05, 3.63) is 53.6 Å². The molecule has 0 aliphatic heterocycles. The van der Waals surface area contributed by atoms with E-state index in [0.717, 1.165) is 24.3 Å². The van der Waals surface area contributed by atoms with Crippen LogP contribution in [-0.2, 0) is 0 Å². The zero-order chi connectivity index (χ0) is 14.7. The molecule has 0 aliphatic rings. The van der Waals surface area contributed by atoms with Crippen LogP contribution in [0.1, 0.15) is 10.4 Å². The highest BCUT2D eigenvalue weighted by Crippen LogP contribution is 2.23. The Hall–Kier alpha value is -2.63. The average Bonchev–Trinajstić information content (AvgIpc) is 2.41.